The molecule has 0 amide bonds. The van der Waals surface area contributed by atoms with Gasteiger partial charge in [-0.25, -0.2) is 4.79 Å². The Morgan fingerprint density at radius 2 is 1.24 bits per heavy atom. The monoisotopic (exact) mass is 409 g/mol. The van der Waals surface area contributed by atoms with Gasteiger partial charge in [0.1, 0.15) is 6.61 Å². The molecule has 0 unspecified atom stereocenters. The number of aryl methyl sites for hydroxylation is 2. The topological polar surface area (TPSA) is 29.5 Å². The number of carbonyl (C=O) groups is 1. The summed E-state index contributed by atoms with van der Waals surface area (Å²) in [5.74, 6) is -0.271. The number of nitrogens with zero attached hydrogens (tertiary/aromatic N) is 1. The Labute approximate surface area is 179 Å². The van der Waals surface area contributed by atoms with Crippen molar-refractivity contribution in [3.63, 3.8) is 0 Å². The number of esters is 1. The number of halogens is 1. The van der Waals surface area contributed by atoms with Gasteiger partial charge < -0.3 is 4.74 Å². The maximum Gasteiger partial charge on any atom is 0.338 e. The largest absolute Gasteiger partial charge is 0.461 e. The maximum atomic E-state index is 12.2. The fourth-order valence-electron chi connectivity index (χ4n) is 3.20. The number of hydrogen-bond acceptors (Lipinski definition) is 3. The van der Waals surface area contributed by atoms with Crippen LogP contribution >= 0.6 is 12.4 Å². The maximum absolute atomic E-state index is 12.2. The molecular weight excluding hydrogens is 382 g/mol. The summed E-state index contributed by atoms with van der Waals surface area (Å²) < 4.78 is 5.51. The highest BCUT2D eigenvalue weighted by atomic mass is 35.5. The minimum Gasteiger partial charge on any atom is -0.461 e. The predicted octanol–water partition coefficient (Wildman–Crippen LogP) is 5.58. The average Bonchev–Trinajstić information content (AvgIpc) is 2.72. The van der Waals surface area contributed by atoms with Crippen molar-refractivity contribution >= 4 is 18.4 Å². The molecule has 0 aliphatic rings. The van der Waals surface area contributed by atoms with Crippen LogP contribution in [0.3, 0.4) is 0 Å². The Balaban J connectivity index is 0.00000300. The standard InChI is InChI=1S/C25H27NO2.ClH/c1-20-10-6-8-14-23(20)18-26(19-24-15-9-7-11-21(24)2)16-17-28-25(27)22-12-4-3-5-13-22;/h3-15H,16-19H2,1-2H3;1H. The van der Waals surface area contributed by atoms with Gasteiger partial charge in [-0.05, 0) is 48.2 Å². The predicted molar refractivity (Wildman–Crippen MR) is 120 cm³/mol. The first-order chi connectivity index (χ1) is 13.6. The molecule has 0 N–H and O–H groups in total. The van der Waals surface area contributed by atoms with E-state index in [2.05, 4.69) is 67.3 Å². The zero-order valence-corrected chi connectivity index (χ0v) is 17.8. The minimum atomic E-state index is -0.271. The zero-order chi connectivity index (χ0) is 19.8. The lowest BCUT2D eigenvalue weighted by Crippen LogP contribution is -2.28. The first-order valence-corrected chi connectivity index (χ1v) is 9.67. The van der Waals surface area contributed by atoms with Crippen molar-refractivity contribution in [2.45, 2.75) is 26.9 Å². The molecular formula is C25H28ClNO2. The summed E-state index contributed by atoms with van der Waals surface area (Å²) in [4.78, 5) is 14.5. The van der Waals surface area contributed by atoms with Crippen LogP contribution in [0.2, 0.25) is 0 Å². The smallest absolute Gasteiger partial charge is 0.338 e. The molecule has 0 fully saturated rings. The van der Waals surface area contributed by atoms with Crippen LogP contribution in [0.4, 0.5) is 0 Å². The average molecular weight is 410 g/mol. The van der Waals surface area contributed by atoms with Gasteiger partial charge in [-0.3, -0.25) is 4.90 Å². The van der Waals surface area contributed by atoms with Crippen LogP contribution in [0.1, 0.15) is 32.6 Å². The number of ether oxygens (including phenoxy) is 1. The third kappa shape index (κ3) is 6.74. The summed E-state index contributed by atoms with van der Waals surface area (Å²) in [6, 6.07) is 26.0. The van der Waals surface area contributed by atoms with Crippen molar-refractivity contribution in [1.29, 1.82) is 0 Å². The molecule has 3 aromatic carbocycles. The van der Waals surface area contributed by atoms with Gasteiger partial charge in [-0.1, -0.05) is 66.7 Å². The molecule has 0 saturated heterocycles. The normalized spacial score (nSPS) is 10.4. The van der Waals surface area contributed by atoms with Crippen molar-refractivity contribution < 1.29 is 9.53 Å². The molecule has 0 saturated carbocycles. The van der Waals surface area contributed by atoms with Crippen LogP contribution in [0.5, 0.6) is 0 Å². The Kier molecular flexibility index (Phi) is 8.91. The van der Waals surface area contributed by atoms with E-state index in [1.165, 1.54) is 22.3 Å². The Morgan fingerprint density at radius 3 is 1.76 bits per heavy atom. The molecule has 0 radical (unpaired) electrons. The summed E-state index contributed by atoms with van der Waals surface area (Å²) in [6.45, 7) is 6.97. The van der Waals surface area contributed by atoms with Gasteiger partial charge in [-0.2, -0.15) is 0 Å². The van der Waals surface area contributed by atoms with Crippen LogP contribution < -0.4 is 0 Å². The van der Waals surface area contributed by atoms with E-state index in [4.69, 9.17) is 4.74 Å². The van der Waals surface area contributed by atoms with Crippen LogP contribution in [0, 0.1) is 13.8 Å². The molecule has 0 heterocycles. The highest BCUT2D eigenvalue weighted by molar-refractivity contribution is 5.89. The molecule has 0 bridgehead atoms. The Hall–Kier alpha value is -2.62. The molecule has 29 heavy (non-hydrogen) atoms. The first kappa shape index (κ1) is 22.7. The molecule has 0 aliphatic heterocycles. The highest BCUT2D eigenvalue weighted by Gasteiger charge is 2.12. The third-order valence-corrected chi connectivity index (χ3v) is 4.96. The quantitative estimate of drug-likeness (QED) is 0.454. The first-order valence-electron chi connectivity index (χ1n) is 9.67. The number of benzene rings is 3. The summed E-state index contributed by atoms with van der Waals surface area (Å²) in [7, 11) is 0. The van der Waals surface area contributed by atoms with Crippen molar-refractivity contribution in [2.75, 3.05) is 13.2 Å². The SMILES string of the molecule is Cc1ccccc1CN(CCOC(=O)c1ccccc1)Cc1ccccc1C.Cl. The minimum absolute atomic E-state index is 0. The molecule has 0 aromatic heterocycles. The number of rotatable bonds is 8. The van der Waals surface area contributed by atoms with E-state index >= 15 is 0 Å². The lowest BCUT2D eigenvalue weighted by atomic mass is 10.1. The van der Waals surface area contributed by atoms with Gasteiger partial charge >= 0.3 is 5.97 Å². The van der Waals surface area contributed by atoms with E-state index < -0.39 is 0 Å². The summed E-state index contributed by atoms with van der Waals surface area (Å²) in [5.41, 5.74) is 5.74. The van der Waals surface area contributed by atoms with Gasteiger partial charge in [0.2, 0.25) is 0 Å². The van der Waals surface area contributed by atoms with E-state index in [0.717, 1.165) is 13.1 Å². The van der Waals surface area contributed by atoms with E-state index in [1.807, 2.05) is 18.2 Å². The van der Waals surface area contributed by atoms with E-state index in [0.29, 0.717) is 18.7 Å². The molecule has 4 heteroatoms. The number of carbonyl (C=O) groups excluding carboxylic acids is 1. The second-order valence-corrected chi connectivity index (χ2v) is 7.07. The van der Waals surface area contributed by atoms with Crippen molar-refractivity contribution in [2.24, 2.45) is 0 Å². The van der Waals surface area contributed by atoms with E-state index in [9.17, 15) is 4.79 Å². The molecule has 3 rings (SSSR count). The lowest BCUT2D eigenvalue weighted by molar-refractivity contribution is 0.0453. The highest BCUT2D eigenvalue weighted by Crippen LogP contribution is 2.15. The van der Waals surface area contributed by atoms with Gasteiger partial charge in [0.05, 0.1) is 5.56 Å². The summed E-state index contributed by atoms with van der Waals surface area (Å²) >= 11 is 0. The second-order valence-electron chi connectivity index (χ2n) is 7.07. The van der Waals surface area contributed by atoms with Crippen LogP contribution in [-0.2, 0) is 17.8 Å². The fraction of sp³-hybridized carbons (Fsp3) is 0.240. The second kappa shape index (κ2) is 11.4. The molecule has 0 spiro atoms. The van der Waals surface area contributed by atoms with Crippen molar-refractivity contribution in [3.05, 3.63) is 107 Å². The van der Waals surface area contributed by atoms with Crippen molar-refractivity contribution in [1.82, 2.24) is 4.90 Å². The van der Waals surface area contributed by atoms with E-state index in [-0.39, 0.29) is 18.4 Å². The number of hydrogen-bond donors (Lipinski definition) is 0. The molecule has 0 atom stereocenters. The third-order valence-electron chi connectivity index (χ3n) is 4.96. The van der Waals surface area contributed by atoms with Gasteiger partial charge in [0.15, 0.2) is 0 Å². The lowest BCUT2D eigenvalue weighted by Gasteiger charge is -2.24. The van der Waals surface area contributed by atoms with Crippen LogP contribution in [0.25, 0.3) is 0 Å². The Bertz CT molecular complexity index is 864. The van der Waals surface area contributed by atoms with Gasteiger partial charge in [0, 0.05) is 19.6 Å². The van der Waals surface area contributed by atoms with Gasteiger partial charge in [-0.15, -0.1) is 12.4 Å². The fourth-order valence-corrected chi connectivity index (χ4v) is 3.20. The zero-order valence-electron chi connectivity index (χ0n) is 17.0. The van der Waals surface area contributed by atoms with Crippen LogP contribution in [-0.4, -0.2) is 24.0 Å². The van der Waals surface area contributed by atoms with E-state index in [1.54, 1.807) is 12.1 Å². The molecule has 152 valence electrons. The molecule has 3 aromatic rings. The molecule has 0 aliphatic carbocycles. The summed E-state index contributed by atoms with van der Waals surface area (Å²) in [6.07, 6.45) is 0. The van der Waals surface area contributed by atoms with Crippen molar-refractivity contribution in [3.8, 4) is 0 Å². The van der Waals surface area contributed by atoms with Gasteiger partial charge in [0.25, 0.3) is 0 Å². The van der Waals surface area contributed by atoms with Crippen LogP contribution in [0.15, 0.2) is 78.9 Å². The molecule has 3 nitrogen and oxygen atoms in total. The summed E-state index contributed by atoms with van der Waals surface area (Å²) in [5, 5.41) is 0. The Morgan fingerprint density at radius 1 is 0.759 bits per heavy atom.